The van der Waals surface area contributed by atoms with Crippen molar-refractivity contribution < 1.29 is 21.9 Å². The van der Waals surface area contributed by atoms with Crippen molar-refractivity contribution >= 4 is 75.1 Å². The molecule has 12 rings (SSSR count). The van der Waals surface area contributed by atoms with Gasteiger partial charge in [0.25, 0.3) is 0 Å². The predicted octanol–water partition coefficient (Wildman–Crippen LogP) is 13.4. The number of para-hydroxylation sites is 3. The van der Waals surface area contributed by atoms with E-state index in [-0.39, 0.29) is 37.5 Å². The minimum Gasteiger partial charge on any atom is -0.309 e. The molecular weight excluding hydrogens is 715 g/mol. The molecule has 0 bridgehead atoms. The Kier molecular flexibility index (Phi) is 4.40. The Bertz CT molecular complexity index is 4420. The lowest BCUT2D eigenvalue weighted by Gasteiger charge is -2.12. The van der Waals surface area contributed by atoms with Crippen LogP contribution in [0.25, 0.3) is 109 Å². The van der Waals surface area contributed by atoms with Gasteiger partial charge in [-0.25, -0.2) is 4.98 Å². The van der Waals surface area contributed by atoms with Crippen molar-refractivity contribution in [2.24, 2.45) is 0 Å². The van der Waals surface area contributed by atoms with Crippen LogP contribution in [0.1, 0.15) is 21.9 Å². The van der Waals surface area contributed by atoms with Crippen LogP contribution < -0.4 is 0 Å². The molecular formula is C51H31N5S. The normalized spacial score (nSPS) is 15.8. The SMILES string of the molecule is [2H]c1c([2H])c([2H])c(-c2c([2H])c([2H])c(-c3nc(-c4c([2H])c([2H])c([2H])c5c4sc4c([2H])c([2H])c([2H])c([2H])c45)nc(-n4c5ccccc5c5c4ccc4c6ccccc6n(-c6ccccc6)c45)n3)c([2H])c2[2H])c([2H])c1[2H]. The molecule has 0 fully saturated rings. The van der Waals surface area contributed by atoms with Gasteiger partial charge in [0.05, 0.1) is 44.0 Å². The topological polar surface area (TPSA) is 48.5 Å². The molecule has 266 valence electrons. The number of benzene rings is 8. The summed E-state index contributed by atoms with van der Waals surface area (Å²) < 4.78 is 146. The van der Waals surface area contributed by atoms with Crippen LogP contribution in [-0.4, -0.2) is 24.1 Å². The van der Waals surface area contributed by atoms with Gasteiger partial charge in [0.1, 0.15) is 0 Å². The molecule has 0 N–H and O–H groups in total. The van der Waals surface area contributed by atoms with Gasteiger partial charge in [0, 0.05) is 58.5 Å². The zero-order valence-corrected chi connectivity index (χ0v) is 30.1. The van der Waals surface area contributed by atoms with Gasteiger partial charge in [-0.15, -0.1) is 11.3 Å². The predicted molar refractivity (Wildman–Crippen MR) is 238 cm³/mol. The van der Waals surface area contributed by atoms with Crippen LogP contribution in [0.15, 0.2) is 188 Å². The Morgan fingerprint density at radius 3 is 1.95 bits per heavy atom. The number of thiophene rings is 1. The van der Waals surface area contributed by atoms with E-state index in [1.165, 1.54) is 0 Å². The molecule has 0 aliphatic heterocycles. The van der Waals surface area contributed by atoms with Gasteiger partial charge in [0.15, 0.2) is 11.6 Å². The van der Waals surface area contributed by atoms with Crippen LogP contribution >= 0.6 is 11.3 Å². The molecule has 8 aromatic carbocycles. The fraction of sp³-hybridized carbons (Fsp3) is 0. The first-order valence-corrected chi connectivity index (χ1v) is 18.6. The summed E-state index contributed by atoms with van der Waals surface area (Å²) in [6.45, 7) is 0. The molecule has 0 aliphatic rings. The van der Waals surface area contributed by atoms with Gasteiger partial charge in [-0.05, 0) is 53.5 Å². The van der Waals surface area contributed by atoms with E-state index in [9.17, 15) is 6.85 Å². The van der Waals surface area contributed by atoms with E-state index in [0.717, 1.165) is 49.6 Å². The Balaban J connectivity index is 1.24. The largest absolute Gasteiger partial charge is 0.309 e. The van der Waals surface area contributed by atoms with Crippen LogP contribution in [0.3, 0.4) is 0 Å². The molecule has 5 nitrogen and oxygen atoms in total. The highest BCUT2D eigenvalue weighted by Crippen LogP contribution is 2.43. The van der Waals surface area contributed by atoms with E-state index in [1.54, 1.807) is 4.57 Å². The molecule has 4 aromatic heterocycles. The summed E-state index contributed by atoms with van der Waals surface area (Å²) in [6, 6.07) is 19.0. The number of aromatic nitrogens is 5. The number of hydrogen-bond acceptors (Lipinski definition) is 4. The highest BCUT2D eigenvalue weighted by Gasteiger charge is 2.23. The van der Waals surface area contributed by atoms with Crippen LogP contribution in [-0.2, 0) is 0 Å². The molecule has 0 spiro atoms. The maximum absolute atomic E-state index is 9.46. The van der Waals surface area contributed by atoms with Crippen molar-refractivity contribution in [2.75, 3.05) is 0 Å². The molecule has 0 saturated heterocycles. The van der Waals surface area contributed by atoms with E-state index in [4.69, 9.17) is 30.0 Å². The van der Waals surface area contributed by atoms with Crippen molar-refractivity contribution in [1.82, 2.24) is 24.1 Å². The number of fused-ring (bicyclic) bond motifs is 10. The molecule has 12 aromatic rings. The maximum atomic E-state index is 9.46. The lowest BCUT2D eigenvalue weighted by atomic mass is 10.0. The van der Waals surface area contributed by atoms with Gasteiger partial charge in [0.2, 0.25) is 5.95 Å². The molecule has 0 aliphatic carbocycles. The highest BCUT2D eigenvalue weighted by atomic mass is 32.1. The molecule has 0 amide bonds. The Morgan fingerprint density at radius 2 is 1.11 bits per heavy atom. The van der Waals surface area contributed by atoms with Crippen molar-refractivity contribution in [2.45, 2.75) is 0 Å². The van der Waals surface area contributed by atoms with Crippen LogP contribution in [0.2, 0.25) is 0 Å². The van der Waals surface area contributed by atoms with Crippen LogP contribution in [0.5, 0.6) is 0 Å². The average Bonchev–Trinajstić information content (AvgIpc) is 4.07. The minimum absolute atomic E-state index is 0.0386. The molecule has 0 radical (unpaired) electrons. The fourth-order valence-electron chi connectivity index (χ4n) is 7.67. The van der Waals surface area contributed by atoms with Crippen molar-refractivity contribution in [1.29, 1.82) is 0 Å². The summed E-state index contributed by atoms with van der Waals surface area (Å²) in [5.41, 5.74) is 2.08. The first kappa shape index (κ1) is 20.0. The third-order valence-corrected chi connectivity index (χ3v) is 11.2. The highest BCUT2D eigenvalue weighted by molar-refractivity contribution is 7.26. The van der Waals surface area contributed by atoms with Crippen molar-refractivity contribution in [3.8, 4) is 45.5 Å². The lowest BCUT2D eigenvalue weighted by Crippen LogP contribution is -2.06. The Labute approximate surface area is 353 Å². The molecule has 0 unspecified atom stereocenters. The van der Waals surface area contributed by atoms with E-state index in [1.807, 2.05) is 91.0 Å². The Hall–Kier alpha value is -7.41. The summed E-state index contributed by atoms with van der Waals surface area (Å²) in [7, 11) is 0. The second-order valence-corrected chi connectivity index (χ2v) is 14.2. The van der Waals surface area contributed by atoms with E-state index >= 15 is 0 Å². The van der Waals surface area contributed by atoms with Crippen LogP contribution in [0.4, 0.5) is 0 Å². The zero-order valence-electron chi connectivity index (χ0n) is 45.3. The zero-order chi connectivity index (χ0) is 51.4. The monoisotopic (exact) mass is 761 g/mol. The van der Waals surface area contributed by atoms with Crippen molar-refractivity contribution in [3.05, 3.63) is 188 Å². The minimum atomic E-state index is -0.769. The van der Waals surface area contributed by atoms with Gasteiger partial charge in [-0.3, -0.25) is 4.57 Å². The lowest BCUT2D eigenvalue weighted by molar-refractivity contribution is 0.954. The molecule has 4 heterocycles. The standard InChI is InChI=1S/C51H31N5S/c1-3-14-32(15-4-1)33-26-28-34(29-27-33)49-52-50(41-22-13-21-39-37-19-9-12-25-45(37)57-48(39)41)54-51(53-49)56-43-24-11-8-20-40(43)46-44(56)31-30-38-36-18-7-10-23-42(36)55(47(38)46)35-16-5-2-6-17-35/h1-31H/i1D,3D,4D,9D,12D,13D,14D,15D,19D,21D,22D,25D,26D,27D,28D,29D. The summed E-state index contributed by atoms with van der Waals surface area (Å²) in [5.74, 6) is -0.921. The summed E-state index contributed by atoms with van der Waals surface area (Å²) in [5, 5.41) is 3.39. The summed E-state index contributed by atoms with van der Waals surface area (Å²) in [6.07, 6.45) is 0. The molecule has 57 heavy (non-hydrogen) atoms. The number of rotatable bonds is 5. The first-order chi connectivity index (χ1) is 34.9. The van der Waals surface area contributed by atoms with Gasteiger partial charge in [-0.2, -0.15) is 9.97 Å². The smallest absolute Gasteiger partial charge is 0.238 e. The quantitative estimate of drug-likeness (QED) is 0.175. The fourth-order valence-corrected chi connectivity index (χ4v) is 8.73. The third kappa shape index (κ3) is 4.91. The Morgan fingerprint density at radius 1 is 0.439 bits per heavy atom. The second kappa shape index (κ2) is 12.6. The number of nitrogens with zero attached hydrogens (tertiary/aromatic N) is 5. The van der Waals surface area contributed by atoms with Crippen LogP contribution in [0, 0.1) is 0 Å². The third-order valence-electron chi connectivity index (χ3n) is 10.1. The molecule has 0 saturated carbocycles. The first-order valence-electron chi connectivity index (χ1n) is 25.8. The van der Waals surface area contributed by atoms with Crippen molar-refractivity contribution in [3.63, 3.8) is 0 Å². The summed E-state index contributed by atoms with van der Waals surface area (Å²) in [4.78, 5) is 14.7. The maximum Gasteiger partial charge on any atom is 0.238 e. The second-order valence-electron chi connectivity index (χ2n) is 13.2. The van der Waals surface area contributed by atoms with E-state index in [2.05, 4.69) is 4.57 Å². The average molecular weight is 762 g/mol. The van der Waals surface area contributed by atoms with E-state index < -0.39 is 119 Å². The number of hydrogen-bond donors (Lipinski definition) is 0. The van der Waals surface area contributed by atoms with Gasteiger partial charge < -0.3 is 4.57 Å². The van der Waals surface area contributed by atoms with Gasteiger partial charge in [-0.1, -0.05) is 145 Å². The van der Waals surface area contributed by atoms with E-state index in [0.29, 0.717) is 11.0 Å². The van der Waals surface area contributed by atoms with Gasteiger partial charge >= 0.3 is 0 Å². The molecule has 0 atom stereocenters. The molecule has 6 heteroatoms. The summed E-state index contributed by atoms with van der Waals surface area (Å²) >= 11 is 0.856.